The van der Waals surface area contributed by atoms with Gasteiger partial charge in [0.1, 0.15) is 5.69 Å². The molecule has 2 N–H and O–H groups in total. The lowest BCUT2D eigenvalue weighted by molar-refractivity contribution is -0.137. The number of ether oxygens (including phenoxy) is 2. The van der Waals surface area contributed by atoms with E-state index in [1.165, 1.54) is 18.3 Å². The summed E-state index contributed by atoms with van der Waals surface area (Å²) in [4.78, 5) is 20.0. The summed E-state index contributed by atoms with van der Waals surface area (Å²) in [6.45, 7) is 4.13. The highest BCUT2D eigenvalue weighted by atomic mass is 19.4. The van der Waals surface area contributed by atoms with Gasteiger partial charge in [-0.05, 0) is 32.0 Å². The monoisotopic (exact) mass is 370 g/mol. The molecule has 26 heavy (non-hydrogen) atoms. The first kappa shape index (κ1) is 19.3. The highest BCUT2D eigenvalue weighted by Crippen LogP contribution is 2.30. The molecule has 0 aliphatic carbocycles. The van der Waals surface area contributed by atoms with Crippen molar-refractivity contribution in [2.75, 3.05) is 23.8 Å². The second-order valence-corrected chi connectivity index (χ2v) is 4.90. The van der Waals surface area contributed by atoms with Crippen molar-refractivity contribution < 1.29 is 27.4 Å². The fourth-order valence-corrected chi connectivity index (χ4v) is 1.94. The number of aromatic nitrogens is 2. The van der Waals surface area contributed by atoms with E-state index in [0.717, 1.165) is 12.1 Å². The molecule has 2 rings (SSSR count). The number of carbonyl (C=O) groups is 1. The van der Waals surface area contributed by atoms with Gasteiger partial charge in [0, 0.05) is 5.69 Å². The largest absolute Gasteiger partial charge is 0.476 e. The van der Waals surface area contributed by atoms with Crippen LogP contribution in [0.4, 0.5) is 29.3 Å². The second-order valence-electron chi connectivity index (χ2n) is 4.90. The zero-order valence-electron chi connectivity index (χ0n) is 14.1. The number of hydrogen-bond acceptors (Lipinski definition) is 5. The Hall–Kier alpha value is -3.04. The van der Waals surface area contributed by atoms with Gasteiger partial charge in [0.05, 0.1) is 25.0 Å². The summed E-state index contributed by atoms with van der Waals surface area (Å²) < 4.78 is 48.6. The highest BCUT2D eigenvalue weighted by molar-refractivity contribution is 6.00. The minimum Gasteiger partial charge on any atom is -0.476 e. The summed E-state index contributed by atoms with van der Waals surface area (Å²) in [5, 5.41) is 4.75. The van der Waals surface area contributed by atoms with E-state index in [2.05, 4.69) is 20.6 Å². The summed E-state index contributed by atoms with van der Waals surface area (Å²) >= 11 is 0. The van der Waals surface area contributed by atoms with Crippen molar-refractivity contribution in [1.29, 1.82) is 0 Å². The maximum absolute atomic E-state index is 12.7. The minimum atomic E-state index is -4.50. The first-order chi connectivity index (χ1) is 12.3. The Morgan fingerprint density at radius 2 is 1.88 bits per heavy atom. The maximum Gasteiger partial charge on any atom is 0.416 e. The Bertz CT molecular complexity index is 769. The van der Waals surface area contributed by atoms with Gasteiger partial charge in [-0.2, -0.15) is 18.2 Å². The molecule has 0 radical (unpaired) electrons. The van der Waals surface area contributed by atoms with Crippen molar-refractivity contribution in [3.05, 3.63) is 36.0 Å². The number of anilines is 2. The molecule has 0 aliphatic heterocycles. The molecule has 1 aromatic heterocycles. The number of hydrogen-bond donors (Lipinski definition) is 2. The van der Waals surface area contributed by atoms with Crippen LogP contribution >= 0.6 is 0 Å². The number of alkyl halides is 3. The predicted molar refractivity (Wildman–Crippen MR) is 88.5 cm³/mol. The standard InChI is InChI=1S/C16H17F3N4O3/c1-3-25-13-12(9-20-15(23-13)26-4-2)22-14(24)21-11-7-5-6-10(8-11)16(17,18)19/h5-9H,3-4H2,1-2H3,(H2,21,22,24). The zero-order chi connectivity index (χ0) is 19.2. The fraction of sp³-hybridized carbons (Fsp3) is 0.312. The van der Waals surface area contributed by atoms with Crippen LogP contribution in [0.15, 0.2) is 30.5 Å². The molecule has 1 heterocycles. The molecule has 0 atom stereocenters. The molecular formula is C16H17F3N4O3. The fourth-order valence-electron chi connectivity index (χ4n) is 1.94. The number of amides is 2. The van der Waals surface area contributed by atoms with Crippen LogP contribution in [0.3, 0.4) is 0 Å². The molecule has 2 aromatic rings. The lowest BCUT2D eigenvalue weighted by Crippen LogP contribution is -2.21. The van der Waals surface area contributed by atoms with Crippen LogP contribution < -0.4 is 20.1 Å². The molecular weight excluding hydrogens is 353 g/mol. The van der Waals surface area contributed by atoms with E-state index >= 15 is 0 Å². The van der Waals surface area contributed by atoms with Crippen molar-refractivity contribution in [2.45, 2.75) is 20.0 Å². The maximum atomic E-state index is 12.7. The third-order valence-electron chi connectivity index (χ3n) is 2.98. The van der Waals surface area contributed by atoms with E-state index in [1.807, 2.05) is 0 Å². The first-order valence-electron chi connectivity index (χ1n) is 7.71. The Kier molecular flexibility index (Phi) is 6.21. The summed E-state index contributed by atoms with van der Waals surface area (Å²) in [5.74, 6) is 0.0881. The van der Waals surface area contributed by atoms with Crippen LogP contribution in [0.25, 0.3) is 0 Å². The molecule has 2 amide bonds. The van der Waals surface area contributed by atoms with Crippen molar-refractivity contribution in [1.82, 2.24) is 9.97 Å². The third kappa shape index (κ3) is 5.23. The highest BCUT2D eigenvalue weighted by Gasteiger charge is 2.30. The van der Waals surface area contributed by atoms with Gasteiger partial charge in [0.2, 0.25) is 5.88 Å². The molecule has 0 saturated carbocycles. The molecule has 0 aliphatic rings. The summed E-state index contributed by atoms with van der Waals surface area (Å²) in [5.41, 5.74) is -0.725. The van der Waals surface area contributed by atoms with E-state index in [4.69, 9.17) is 9.47 Å². The van der Waals surface area contributed by atoms with Gasteiger partial charge in [-0.25, -0.2) is 9.78 Å². The number of benzene rings is 1. The number of carbonyl (C=O) groups excluding carboxylic acids is 1. The SMILES string of the molecule is CCOc1ncc(NC(=O)Nc2cccc(C(F)(F)F)c2)c(OCC)n1. The van der Waals surface area contributed by atoms with Gasteiger partial charge in [-0.3, -0.25) is 0 Å². The van der Waals surface area contributed by atoms with Crippen molar-refractivity contribution >= 4 is 17.4 Å². The number of nitrogens with zero attached hydrogens (tertiary/aromatic N) is 2. The Morgan fingerprint density at radius 1 is 1.15 bits per heavy atom. The average molecular weight is 370 g/mol. The Morgan fingerprint density at radius 3 is 2.54 bits per heavy atom. The lowest BCUT2D eigenvalue weighted by Gasteiger charge is -2.13. The first-order valence-corrected chi connectivity index (χ1v) is 7.71. The quantitative estimate of drug-likeness (QED) is 0.805. The van der Waals surface area contributed by atoms with E-state index in [-0.39, 0.29) is 29.9 Å². The van der Waals surface area contributed by atoms with E-state index < -0.39 is 17.8 Å². The smallest absolute Gasteiger partial charge is 0.416 e. The summed E-state index contributed by atoms with van der Waals surface area (Å²) in [6, 6.07) is 3.60. The van der Waals surface area contributed by atoms with Gasteiger partial charge < -0.3 is 20.1 Å². The van der Waals surface area contributed by atoms with E-state index in [1.54, 1.807) is 13.8 Å². The van der Waals surface area contributed by atoms with Crippen LogP contribution in [0.5, 0.6) is 11.9 Å². The third-order valence-corrected chi connectivity index (χ3v) is 2.98. The van der Waals surface area contributed by atoms with Crippen LogP contribution in [-0.4, -0.2) is 29.2 Å². The second kappa shape index (κ2) is 8.37. The Balaban J connectivity index is 2.12. The molecule has 0 spiro atoms. The minimum absolute atomic E-state index is 0.0119. The van der Waals surface area contributed by atoms with Crippen molar-refractivity contribution in [3.63, 3.8) is 0 Å². The predicted octanol–water partition coefficient (Wildman–Crippen LogP) is 3.94. The molecule has 0 saturated heterocycles. The molecule has 0 bridgehead atoms. The molecule has 10 heteroatoms. The summed E-state index contributed by atoms with van der Waals surface area (Å²) in [7, 11) is 0. The normalized spacial score (nSPS) is 11.0. The Labute approximate surface area is 147 Å². The number of urea groups is 1. The number of halogens is 3. The average Bonchev–Trinajstić information content (AvgIpc) is 2.57. The topological polar surface area (TPSA) is 85.4 Å². The summed E-state index contributed by atoms with van der Waals surface area (Å²) in [6.07, 6.45) is -3.21. The van der Waals surface area contributed by atoms with Gasteiger partial charge in [0.25, 0.3) is 0 Å². The van der Waals surface area contributed by atoms with E-state index in [9.17, 15) is 18.0 Å². The van der Waals surface area contributed by atoms with Crippen LogP contribution in [0, 0.1) is 0 Å². The lowest BCUT2D eigenvalue weighted by atomic mass is 10.2. The van der Waals surface area contributed by atoms with E-state index in [0.29, 0.717) is 6.61 Å². The van der Waals surface area contributed by atoms with Gasteiger partial charge in [-0.15, -0.1) is 0 Å². The molecule has 7 nitrogen and oxygen atoms in total. The van der Waals surface area contributed by atoms with Gasteiger partial charge in [-0.1, -0.05) is 6.07 Å². The van der Waals surface area contributed by atoms with Crippen LogP contribution in [0.2, 0.25) is 0 Å². The molecule has 140 valence electrons. The van der Waals surface area contributed by atoms with Crippen molar-refractivity contribution in [3.8, 4) is 11.9 Å². The van der Waals surface area contributed by atoms with Crippen LogP contribution in [0.1, 0.15) is 19.4 Å². The van der Waals surface area contributed by atoms with Crippen molar-refractivity contribution in [2.24, 2.45) is 0 Å². The molecule has 1 aromatic carbocycles. The number of rotatable bonds is 6. The van der Waals surface area contributed by atoms with Gasteiger partial charge in [0.15, 0.2) is 0 Å². The van der Waals surface area contributed by atoms with Gasteiger partial charge >= 0.3 is 18.2 Å². The molecule has 0 fully saturated rings. The number of nitrogens with one attached hydrogen (secondary N) is 2. The zero-order valence-corrected chi connectivity index (χ0v) is 14.1. The van der Waals surface area contributed by atoms with Crippen LogP contribution in [-0.2, 0) is 6.18 Å². The molecule has 0 unspecified atom stereocenters.